The summed E-state index contributed by atoms with van der Waals surface area (Å²) in [6.07, 6.45) is 1.42. The lowest BCUT2D eigenvalue weighted by Crippen LogP contribution is -2.12. The smallest absolute Gasteiger partial charge is 0.269 e. The summed E-state index contributed by atoms with van der Waals surface area (Å²) in [5.74, 6) is 1.39. The molecule has 0 fully saturated rings. The number of hydrogen-bond donors (Lipinski definition) is 0. The third-order valence-electron chi connectivity index (χ3n) is 3.56. The Morgan fingerprint density at radius 3 is 2.54 bits per heavy atom. The monoisotopic (exact) mass is 335 g/mol. The van der Waals surface area contributed by atoms with E-state index in [1.807, 2.05) is 6.92 Å². The van der Waals surface area contributed by atoms with Crippen molar-refractivity contribution in [2.75, 3.05) is 6.61 Å². The lowest BCUT2D eigenvalue weighted by Gasteiger charge is -2.16. The number of halogens is 2. The molecule has 0 N–H and O–H groups in total. The van der Waals surface area contributed by atoms with Crippen molar-refractivity contribution in [3.63, 3.8) is 0 Å². The number of ether oxygens (including phenoxy) is 1. The number of alkyl halides is 2. The Labute approximate surface area is 141 Å². The average molecular weight is 335 g/mol. The van der Waals surface area contributed by atoms with Crippen LogP contribution in [0.3, 0.4) is 0 Å². The van der Waals surface area contributed by atoms with Gasteiger partial charge in [0.1, 0.15) is 5.82 Å². The molecule has 0 bridgehead atoms. The van der Waals surface area contributed by atoms with Crippen LogP contribution < -0.4 is 4.74 Å². The van der Waals surface area contributed by atoms with Crippen LogP contribution in [0.25, 0.3) is 11.3 Å². The van der Waals surface area contributed by atoms with Crippen LogP contribution in [0.15, 0.2) is 24.5 Å². The van der Waals surface area contributed by atoms with Gasteiger partial charge in [-0.1, -0.05) is 20.8 Å². The van der Waals surface area contributed by atoms with Gasteiger partial charge >= 0.3 is 0 Å². The quantitative estimate of drug-likeness (QED) is 0.726. The highest BCUT2D eigenvalue weighted by atomic mass is 19.3. The van der Waals surface area contributed by atoms with Gasteiger partial charge in [0, 0.05) is 18.0 Å². The summed E-state index contributed by atoms with van der Waals surface area (Å²) in [6, 6.07) is 3.06. The molecule has 0 aliphatic carbocycles. The Balaban J connectivity index is 2.21. The number of rotatable bonds is 7. The summed E-state index contributed by atoms with van der Waals surface area (Å²) < 4.78 is 32.3. The van der Waals surface area contributed by atoms with Crippen molar-refractivity contribution in [2.45, 2.75) is 40.5 Å². The molecule has 0 radical (unpaired) electrons. The summed E-state index contributed by atoms with van der Waals surface area (Å²) in [6.45, 7) is 8.41. The normalized spacial score (nSPS) is 12.7. The number of aromatic nitrogens is 3. The molecule has 2 aromatic heterocycles. The van der Waals surface area contributed by atoms with Crippen molar-refractivity contribution >= 4 is 0 Å². The van der Waals surface area contributed by atoms with E-state index in [1.54, 1.807) is 19.2 Å². The van der Waals surface area contributed by atoms with E-state index < -0.39 is 6.43 Å². The van der Waals surface area contributed by atoms with Gasteiger partial charge in [-0.05, 0) is 37.3 Å². The zero-order chi connectivity index (χ0) is 17.7. The van der Waals surface area contributed by atoms with E-state index in [-0.39, 0.29) is 17.4 Å². The van der Waals surface area contributed by atoms with E-state index in [1.165, 1.54) is 12.3 Å². The minimum absolute atomic E-state index is 0.00451. The van der Waals surface area contributed by atoms with Crippen LogP contribution in [-0.2, 0) is 0 Å². The number of aryl methyl sites for hydroxylation is 1. The second kappa shape index (κ2) is 8.13. The van der Waals surface area contributed by atoms with Crippen LogP contribution in [0.4, 0.5) is 8.78 Å². The molecule has 6 heteroatoms. The Morgan fingerprint density at radius 1 is 1.17 bits per heavy atom. The van der Waals surface area contributed by atoms with Crippen LogP contribution in [-0.4, -0.2) is 21.6 Å². The zero-order valence-corrected chi connectivity index (χ0v) is 14.5. The summed E-state index contributed by atoms with van der Waals surface area (Å²) in [5, 5.41) is 0. The van der Waals surface area contributed by atoms with Crippen molar-refractivity contribution < 1.29 is 13.5 Å². The van der Waals surface area contributed by atoms with Crippen LogP contribution in [0, 0.1) is 18.8 Å². The van der Waals surface area contributed by atoms with E-state index in [2.05, 4.69) is 28.8 Å². The fraction of sp³-hybridized carbons (Fsp3) is 0.500. The third-order valence-corrected chi connectivity index (χ3v) is 3.56. The van der Waals surface area contributed by atoms with Crippen molar-refractivity contribution in [3.8, 4) is 17.1 Å². The highest BCUT2D eigenvalue weighted by Crippen LogP contribution is 2.31. The summed E-state index contributed by atoms with van der Waals surface area (Å²) >= 11 is 0. The molecule has 0 aromatic carbocycles. The number of hydrogen-bond acceptors (Lipinski definition) is 4. The first-order valence-electron chi connectivity index (χ1n) is 8.07. The van der Waals surface area contributed by atoms with Crippen LogP contribution in [0.1, 0.15) is 45.0 Å². The molecule has 2 aromatic rings. The predicted octanol–water partition coefficient (Wildman–Crippen LogP) is 4.85. The first-order valence-corrected chi connectivity index (χ1v) is 8.07. The average Bonchev–Trinajstić information content (AvgIpc) is 2.52. The molecule has 4 nitrogen and oxygen atoms in total. The first-order chi connectivity index (χ1) is 11.4. The maximum atomic E-state index is 13.4. The van der Waals surface area contributed by atoms with Gasteiger partial charge in [0.25, 0.3) is 6.43 Å². The maximum absolute atomic E-state index is 13.4. The molecule has 24 heavy (non-hydrogen) atoms. The van der Waals surface area contributed by atoms with E-state index in [0.717, 1.165) is 6.42 Å². The highest BCUT2D eigenvalue weighted by molar-refractivity contribution is 5.59. The molecular weight excluding hydrogens is 312 g/mol. The van der Waals surface area contributed by atoms with Gasteiger partial charge in [0.05, 0.1) is 17.9 Å². The van der Waals surface area contributed by atoms with E-state index >= 15 is 0 Å². The second-order valence-corrected chi connectivity index (χ2v) is 6.45. The molecule has 1 atom stereocenters. The molecule has 0 aliphatic rings. The Morgan fingerprint density at radius 2 is 1.92 bits per heavy atom. The Kier molecular flexibility index (Phi) is 6.17. The molecule has 2 rings (SSSR count). The number of nitrogens with zero attached hydrogens (tertiary/aromatic N) is 3. The lowest BCUT2D eigenvalue weighted by atomic mass is 10.00. The van der Waals surface area contributed by atoms with Gasteiger partial charge in [-0.15, -0.1) is 0 Å². The van der Waals surface area contributed by atoms with Crippen LogP contribution in [0.5, 0.6) is 5.88 Å². The molecule has 0 saturated carbocycles. The second-order valence-electron chi connectivity index (χ2n) is 6.45. The van der Waals surface area contributed by atoms with Gasteiger partial charge in [-0.2, -0.15) is 0 Å². The highest BCUT2D eigenvalue weighted by Gasteiger charge is 2.18. The van der Waals surface area contributed by atoms with Crippen LogP contribution in [0.2, 0.25) is 0 Å². The SMILES string of the molecule is Cc1nccc(-c2cnc(OC[C@H](C)CC(C)C)c(C(F)F)c2)n1. The van der Waals surface area contributed by atoms with Gasteiger partial charge < -0.3 is 4.74 Å². The molecule has 130 valence electrons. The van der Waals surface area contributed by atoms with Crippen LogP contribution >= 0.6 is 0 Å². The van der Waals surface area contributed by atoms with Crippen molar-refractivity contribution in [1.82, 2.24) is 15.0 Å². The fourth-order valence-corrected chi connectivity index (χ4v) is 2.60. The molecule has 0 unspecified atom stereocenters. The Hall–Kier alpha value is -2.11. The molecule has 2 heterocycles. The van der Waals surface area contributed by atoms with Crippen molar-refractivity contribution in [3.05, 3.63) is 35.9 Å². The zero-order valence-electron chi connectivity index (χ0n) is 14.5. The molecular formula is C18H23F2N3O. The minimum atomic E-state index is -2.66. The van der Waals surface area contributed by atoms with Gasteiger partial charge in [-0.3, -0.25) is 0 Å². The molecule has 0 saturated heterocycles. The number of pyridine rings is 1. The molecule has 0 aliphatic heterocycles. The first kappa shape index (κ1) is 18.2. The topological polar surface area (TPSA) is 47.9 Å². The maximum Gasteiger partial charge on any atom is 0.269 e. The summed E-state index contributed by atoms with van der Waals surface area (Å²) in [4.78, 5) is 12.3. The van der Waals surface area contributed by atoms with Crippen molar-refractivity contribution in [2.24, 2.45) is 11.8 Å². The minimum Gasteiger partial charge on any atom is -0.477 e. The van der Waals surface area contributed by atoms with Gasteiger partial charge in [0.2, 0.25) is 5.88 Å². The largest absolute Gasteiger partial charge is 0.477 e. The van der Waals surface area contributed by atoms with E-state index in [4.69, 9.17) is 4.74 Å². The van der Waals surface area contributed by atoms with E-state index in [9.17, 15) is 8.78 Å². The summed E-state index contributed by atoms with van der Waals surface area (Å²) in [5.41, 5.74) is 0.885. The lowest BCUT2D eigenvalue weighted by molar-refractivity contribution is 0.140. The molecule has 0 amide bonds. The van der Waals surface area contributed by atoms with Gasteiger partial charge in [-0.25, -0.2) is 23.7 Å². The Bertz CT molecular complexity index is 677. The standard InChI is InChI=1S/C18H23F2N3O/c1-11(2)7-12(3)10-24-18-15(17(19)20)8-14(9-22-18)16-5-6-21-13(4)23-16/h5-6,8-9,11-12,17H,7,10H2,1-4H3/t12-/m1/s1. The van der Waals surface area contributed by atoms with Crippen molar-refractivity contribution in [1.29, 1.82) is 0 Å². The van der Waals surface area contributed by atoms with E-state index in [0.29, 0.717) is 29.6 Å². The fourth-order valence-electron chi connectivity index (χ4n) is 2.60. The predicted molar refractivity (Wildman–Crippen MR) is 89.1 cm³/mol. The summed E-state index contributed by atoms with van der Waals surface area (Å²) in [7, 11) is 0. The third kappa shape index (κ3) is 4.94. The van der Waals surface area contributed by atoms with Gasteiger partial charge in [0.15, 0.2) is 0 Å². The molecule has 0 spiro atoms.